The highest BCUT2D eigenvalue weighted by Crippen LogP contribution is 2.23. The molecule has 0 aliphatic heterocycles. The maximum atomic E-state index is 2.38. The summed E-state index contributed by atoms with van der Waals surface area (Å²) in [7, 11) is -0.0540. The van der Waals surface area contributed by atoms with Crippen molar-refractivity contribution in [3.05, 3.63) is 0 Å². The Morgan fingerprint density at radius 2 is 0.680 bits per heavy atom. The molecule has 2 heteroatoms. The van der Waals surface area contributed by atoms with E-state index in [0.29, 0.717) is 0 Å². The third-order valence-corrected chi connectivity index (χ3v) is 13.8. The molecule has 0 fully saturated rings. The Morgan fingerprint density at radius 1 is 0.360 bits per heavy atom. The summed E-state index contributed by atoms with van der Waals surface area (Å²) in [6.07, 6.45) is 20.7. The van der Waals surface area contributed by atoms with Crippen molar-refractivity contribution in [2.45, 2.75) is 147 Å². The van der Waals surface area contributed by atoms with Gasteiger partial charge in [0.15, 0.2) is 0 Å². The molecule has 25 heavy (non-hydrogen) atoms. The van der Waals surface area contributed by atoms with Crippen molar-refractivity contribution in [1.82, 2.24) is 0 Å². The third kappa shape index (κ3) is 17.6. The summed E-state index contributed by atoms with van der Waals surface area (Å²) in [5.41, 5.74) is 1.75. The van der Waals surface area contributed by atoms with Gasteiger partial charge in [0.25, 0.3) is 0 Å². The second-order valence-electron chi connectivity index (χ2n) is 8.21. The van der Waals surface area contributed by atoms with Gasteiger partial charge in [0.05, 0.1) is 0 Å². The molecule has 0 unspecified atom stereocenters. The van der Waals surface area contributed by atoms with Crippen LogP contribution in [0.5, 0.6) is 0 Å². The Bertz CT molecular complexity index is 242. The summed E-state index contributed by atoms with van der Waals surface area (Å²) >= 11 is 0. The quantitative estimate of drug-likeness (QED) is 0.145. The monoisotopic (exact) mass is 382 g/mol. The fourth-order valence-corrected chi connectivity index (χ4v) is 13.0. The predicted octanol–water partition coefficient (Wildman–Crippen LogP) is 9.06. The Morgan fingerprint density at radius 3 is 1.16 bits per heavy atom. The van der Waals surface area contributed by atoms with Crippen molar-refractivity contribution in [2.24, 2.45) is 0 Å². The molecule has 0 N–H and O–H groups in total. The SMILES string of the molecule is CCCCCCC[Si](CCCCCC)C[Si](CCCC)CCCCC. The van der Waals surface area contributed by atoms with Crippen LogP contribution in [-0.4, -0.2) is 17.6 Å². The Hall–Kier alpha value is 0.434. The highest BCUT2D eigenvalue weighted by molar-refractivity contribution is 6.77. The highest BCUT2D eigenvalue weighted by atomic mass is 28.3. The molecule has 0 aliphatic carbocycles. The van der Waals surface area contributed by atoms with Crippen LogP contribution in [0.2, 0.25) is 29.8 Å². The zero-order valence-electron chi connectivity index (χ0n) is 18.4. The number of rotatable bonds is 20. The minimum atomic E-state index is -0.0322. The van der Waals surface area contributed by atoms with E-state index >= 15 is 0 Å². The minimum Gasteiger partial charge on any atom is -0.0654 e. The molecule has 0 nitrogen and oxygen atoms in total. The van der Waals surface area contributed by atoms with Crippen LogP contribution in [0.15, 0.2) is 0 Å². The summed E-state index contributed by atoms with van der Waals surface area (Å²) in [5, 5.41) is 0. The van der Waals surface area contributed by atoms with Crippen molar-refractivity contribution in [3.8, 4) is 0 Å². The average Bonchev–Trinajstić information content (AvgIpc) is 2.62. The van der Waals surface area contributed by atoms with Gasteiger partial charge < -0.3 is 0 Å². The van der Waals surface area contributed by atoms with Crippen LogP contribution < -0.4 is 0 Å². The molecule has 0 spiro atoms. The molecular formula is C23H50Si2. The summed E-state index contributed by atoms with van der Waals surface area (Å²) in [5.74, 6) is 0. The molecule has 0 amide bonds. The molecule has 0 aliphatic rings. The van der Waals surface area contributed by atoms with E-state index in [1.807, 2.05) is 0 Å². The highest BCUT2D eigenvalue weighted by Gasteiger charge is 2.18. The summed E-state index contributed by atoms with van der Waals surface area (Å²) in [6.45, 7) is 9.43. The molecule has 0 heterocycles. The predicted molar refractivity (Wildman–Crippen MR) is 123 cm³/mol. The lowest BCUT2D eigenvalue weighted by atomic mass is 10.2. The van der Waals surface area contributed by atoms with Crippen LogP contribution in [0.1, 0.15) is 118 Å². The number of hydrogen-bond donors (Lipinski definition) is 0. The van der Waals surface area contributed by atoms with Crippen molar-refractivity contribution in [3.63, 3.8) is 0 Å². The Labute approximate surface area is 165 Å². The molecule has 0 saturated carbocycles. The summed E-state index contributed by atoms with van der Waals surface area (Å²) in [4.78, 5) is 0. The standard InChI is InChI=1S/C23H50Si2/c1-5-9-13-15-18-22-25(21-17-14-10-6-2)23-24(19-12-8-4)20-16-11-7-3/h5-23H2,1-4H3. The fourth-order valence-electron chi connectivity index (χ4n) is 3.79. The van der Waals surface area contributed by atoms with Gasteiger partial charge in [-0.25, -0.2) is 0 Å². The van der Waals surface area contributed by atoms with Crippen molar-refractivity contribution in [1.29, 1.82) is 0 Å². The molecular weight excluding hydrogens is 332 g/mol. The van der Waals surface area contributed by atoms with Crippen molar-refractivity contribution in [2.75, 3.05) is 0 Å². The molecule has 0 aromatic heterocycles. The van der Waals surface area contributed by atoms with Gasteiger partial charge in [-0.05, 0) is 0 Å². The first-order valence-electron chi connectivity index (χ1n) is 11.9. The number of unbranched alkanes of at least 4 members (excludes halogenated alkanes) is 10. The first kappa shape index (κ1) is 25.4. The topological polar surface area (TPSA) is 0 Å². The van der Waals surface area contributed by atoms with Gasteiger partial charge >= 0.3 is 0 Å². The molecule has 2 radical (unpaired) electrons. The Balaban J connectivity index is 4.31. The zero-order chi connectivity index (χ0) is 18.6. The van der Waals surface area contributed by atoms with E-state index in [1.54, 1.807) is 42.7 Å². The first-order chi connectivity index (χ1) is 12.3. The lowest BCUT2D eigenvalue weighted by Crippen LogP contribution is -2.24. The van der Waals surface area contributed by atoms with E-state index in [1.165, 1.54) is 77.0 Å². The minimum absolute atomic E-state index is 0.0218. The van der Waals surface area contributed by atoms with E-state index in [9.17, 15) is 0 Å². The van der Waals surface area contributed by atoms with Crippen LogP contribution in [0, 0.1) is 0 Å². The first-order valence-corrected chi connectivity index (χ1v) is 16.2. The fraction of sp³-hybridized carbons (Fsp3) is 1.00. The van der Waals surface area contributed by atoms with E-state index < -0.39 is 0 Å². The maximum absolute atomic E-state index is 2.38. The second kappa shape index (κ2) is 20.7. The van der Waals surface area contributed by atoms with Crippen molar-refractivity contribution < 1.29 is 0 Å². The van der Waals surface area contributed by atoms with Gasteiger partial charge in [-0.15, -0.1) is 0 Å². The van der Waals surface area contributed by atoms with E-state index in [4.69, 9.17) is 0 Å². The maximum Gasteiger partial charge on any atom is 0.0448 e. The van der Waals surface area contributed by atoms with Crippen LogP contribution in [-0.2, 0) is 0 Å². The largest absolute Gasteiger partial charge is 0.0654 e. The molecule has 0 atom stereocenters. The van der Waals surface area contributed by atoms with Crippen LogP contribution in [0.4, 0.5) is 0 Å². The molecule has 150 valence electrons. The average molecular weight is 383 g/mol. The normalized spacial score (nSPS) is 11.8. The summed E-state index contributed by atoms with van der Waals surface area (Å²) < 4.78 is 0. The van der Waals surface area contributed by atoms with Gasteiger partial charge in [-0.2, -0.15) is 0 Å². The van der Waals surface area contributed by atoms with E-state index in [-0.39, 0.29) is 17.6 Å². The molecule has 0 aromatic rings. The van der Waals surface area contributed by atoms with Crippen molar-refractivity contribution >= 4 is 17.6 Å². The van der Waals surface area contributed by atoms with Gasteiger partial charge in [0.2, 0.25) is 0 Å². The van der Waals surface area contributed by atoms with Gasteiger partial charge in [-0.1, -0.05) is 147 Å². The lowest BCUT2D eigenvalue weighted by molar-refractivity contribution is 0.651. The molecule has 0 saturated heterocycles. The van der Waals surface area contributed by atoms with Crippen LogP contribution in [0.25, 0.3) is 0 Å². The van der Waals surface area contributed by atoms with Crippen LogP contribution in [0.3, 0.4) is 0 Å². The van der Waals surface area contributed by atoms with Gasteiger partial charge in [0, 0.05) is 17.6 Å². The van der Waals surface area contributed by atoms with E-state index in [0.717, 1.165) is 0 Å². The third-order valence-electron chi connectivity index (χ3n) is 5.54. The lowest BCUT2D eigenvalue weighted by Gasteiger charge is -2.22. The van der Waals surface area contributed by atoms with Crippen LogP contribution >= 0.6 is 0 Å². The van der Waals surface area contributed by atoms with Gasteiger partial charge in [-0.3, -0.25) is 0 Å². The zero-order valence-corrected chi connectivity index (χ0v) is 20.4. The Kier molecular flexibility index (Phi) is 21.1. The van der Waals surface area contributed by atoms with E-state index in [2.05, 4.69) is 27.7 Å². The number of hydrogen-bond acceptors (Lipinski definition) is 0. The second-order valence-corrected chi connectivity index (χ2v) is 14.6. The van der Waals surface area contributed by atoms with Gasteiger partial charge in [0.1, 0.15) is 0 Å². The summed E-state index contributed by atoms with van der Waals surface area (Å²) in [6, 6.07) is 6.56. The smallest absolute Gasteiger partial charge is 0.0448 e. The molecule has 0 rings (SSSR count). The molecule has 0 bridgehead atoms. The molecule has 0 aromatic carbocycles.